The lowest BCUT2D eigenvalue weighted by Crippen LogP contribution is -2.39. The third-order valence-electron chi connectivity index (χ3n) is 5.62. The molecular weight excluding hydrogens is 270 g/mol. The van der Waals surface area contributed by atoms with Crippen LogP contribution in [0.2, 0.25) is 0 Å². The first-order chi connectivity index (χ1) is 10.7. The minimum atomic E-state index is 0.0369. The molecule has 0 heterocycles. The standard InChI is InChI=1S/C20H27NO/c1-3-15-4-6-16(7-5-15)9-11-20(22)21-14(2)19-13-17-8-10-18(19)12-17/h4-7,9,11,14,17-19H,3,8,10,12-13H2,1-2H3,(H,21,22)/b11-9-/t14-,17-,18-,19+/m1/s1. The Hall–Kier alpha value is -1.57. The summed E-state index contributed by atoms with van der Waals surface area (Å²) in [7, 11) is 0. The Labute approximate surface area is 134 Å². The Bertz CT molecular complexity index is 545. The lowest BCUT2D eigenvalue weighted by atomic mass is 9.84. The van der Waals surface area contributed by atoms with Crippen LogP contribution in [-0.2, 0) is 11.2 Å². The molecule has 2 heteroatoms. The van der Waals surface area contributed by atoms with Crippen LogP contribution in [0.25, 0.3) is 6.08 Å². The first kappa shape index (κ1) is 15.3. The van der Waals surface area contributed by atoms with Crippen LogP contribution in [-0.4, -0.2) is 11.9 Å². The van der Waals surface area contributed by atoms with E-state index in [9.17, 15) is 4.79 Å². The van der Waals surface area contributed by atoms with Crippen molar-refractivity contribution in [3.63, 3.8) is 0 Å². The minimum Gasteiger partial charge on any atom is -0.350 e. The molecule has 118 valence electrons. The fraction of sp³-hybridized carbons (Fsp3) is 0.550. The molecule has 4 atom stereocenters. The largest absolute Gasteiger partial charge is 0.350 e. The van der Waals surface area contributed by atoms with Gasteiger partial charge < -0.3 is 5.32 Å². The van der Waals surface area contributed by atoms with Gasteiger partial charge in [0.15, 0.2) is 0 Å². The number of nitrogens with one attached hydrogen (secondary N) is 1. The monoisotopic (exact) mass is 297 g/mol. The average Bonchev–Trinajstić information content (AvgIpc) is 3.16. The molecule has 2 aliphatic rings. The summed E-state index contributed by atoms with van der Waals surface area (Å²) in [6.07, 6.45) is 10.1. The smallest absolute Gasteiger partial charge is 0.244 e. The second-order valence-electron chi connectivity index (χ2n) is 7.06. The zero-order valence-corrected chi connectivity index (χ0v) is 13.7. The van der Waals surface area contributed by atoms with Crippen LogP contribution in [0.5, 0.6) is 0 Å². The third-order valence-corrected chi connectivity index (χ3v) is 5.62. The fourth-order valence-corrected chi connectivity index (χ4v) is 4.32. The van der Waals surface area contributed by atoms with Crippen molar-refractivity contribution in [1.82, 2.24) is 5.32 Å². The van der Waals surface area contributed by atoms with Gasteiger partial charge in [0.2, 0.25) is 5.91 Å². The van der Waals surface area contributed by atoms with Crippen LogP contribution in [0.3, 0.4) is 0 Å². The number of hydrogen-bond acceptors (Lipinski definition) is 1. The quantitative estimate of drug-likeness (QED) is 0.811. The Kier molecular flexibility index (Phi) is 4.66. The Morgan fingerprint density at radius 3 is 2.64 bits per heavy atom. The first-order valence-electron chi connectivity index (χ1n) is 8.73. The maximum atomic E-state index is 12.1. The molecule has 0 aromatic heterocycles. The summed E-state index contributed by atoms with van der Waals surface area (Å²) >= 11 is 0. The molecule has 0 radical (unpaired) electrons. The topological polar surface area (TPSA) is 29.1 Å². The number of rotatable bonds is 5. The molecule has 0 aliphatic heterocycles. The Balaban J connectivity index is 1.52. The van der Waals surface area contributed by atoms with Crippen molar-refractivity contribution < 1.29 is 4.79 Å². The van der Waals surface area contributed by atoms with Crippen molar-refractivity contribution in [2.45, 2.75) is 52.0 Å². The summed E-state index contributed by atoms with van der Waals surface area (Å²) in [6.45, 7) is 4.32. The normalized spacial score (nSPS) is 28.2. The number of carbonyl (C=O) groups is 1. The molecule has 1 amide bonds. The van der Waals surface area contributed by atoms with Gasteiger partial charge in [0.25, 0.3) is 0 Å². The average molecular weight is 297 g/mol. The summed E-state index contributed by atoms with van der Waals surface area (Å²) in [6, 6.07) is 8.68. The van der Waals surface area contributed by atoms with Gasteiger partial charge in [0.1, 0.15) is 0 Å². The molecule has 0 saturated heterocycles. The van der Waals surface area contributed by atoms with E-state index in [1.807, 2.05) is 6.08 Å². The number of hydrogen-bond donors (Lipinski definition) is 1. The van der Waals surface area contributed by atoms with Gasteiger partial charge in [-0.1, -0.05) is 37.6 Å². The Morgan fingerprint density at radius 2 is 2.05 bits per heavy atom. The summed E-state index contributed by atoms with van der Waals surface area (Å²) in [5, 5.41) is 3.17. The molecule has 0 unspecified atom stereocenters. The van der Waals surface area contributed by atoms with Gasteiger partial charge in [-0.25, -0.2) is 0 Å². The molecule has 2 saturated carbocycles. The van der Waals surface area contributed by atoms with Gasteiger partial charge in [-0.3, -0.25) is 4.79 Å². The van der Waals surface area contributed by atoms with Crippen molar-refractivity contribution in [3.05, 3.63) is 41.5 Å². The van der Waals surface area contributed by atoms with E-state index in [0.29, 0.717) is 12.0 Å². The van der Waals surface area contributed by atoms with E-state index in [1.165, 1.54) is 31.2 Å². The molecule has 2 nitrogen and oxygen atoms in total. The number of benzene rings is 1. The number of aryl methyl sites for hydroxylation is 1. The van der Waals surface area contributed by atoms with Crippen molar-refractivity contribution in [2.75, 3.05) is 0 Å². The fourth-order valence-electron chi connectivity index (χ4n) is 4.32. The van der Waals surface area contributed by atoms with Crippen LogP contribution < -0.4 is 5.32 Å². The molecule has 2 fully saturated rings. The van der Waals surface area contributed by atoms with Gasteiger partial charge >= 0.3 is 0 Å². The third kappa shape index (κ3) is 3.43. The van der Waals surface area contributed by atoms with Gasteiger partial charge in [0, 0.05) is 12.1 Å². The van der Waals surface area contributed by atoms with Crippen LogP contribution in [0.1, 0.15) is 50.7 Å². The van der Waals surface area contributed by atoms with Crippen LogP contribution >= 0.6 is 0 Å². The highest BCUT2D eigenvalue weighted by Gasteiger charge is 2.41. The predicted molar refractivity (Wildman–Crippen MR) is 91.4 cm³/mol. The van der Waals surface area contributed by atoms with Crippen molar-refractivity contribution >= 4 is 12.0 Å². The van der Waals surface area contributed by atoms with E-state index in [2.05, 4.69) is 43.4 Å². The van der Waals surface area contributed by atoms with E-state index in [4.69, 9.17) is 0 Å². The Morgan fingerprint density at radius 1 is 1.27 bits per heavy atom. The summed E-state index contributed by atoms with van der Waals surface area (Å²) in [5.74, 6) is 2.52. The van der Waals surface area contributed by atoms with E-state index in [1.54, 1.807) is 6.08 Å². The van der Waals surface area contributed by atoms with Gasteiger partial charge in [-0.15, -0.1) is 0 Å². The molecule has 2 aliphatic carbocycles. The maximum absolute atomic E-state index is 12.1. The predicted octanol–water partition coefficient (Wildman–Crippen LogP) is 4.20. The lowest BCUT2D eigenvalue weighted by molar-refractivity contribution is -0.117. The van der Waals surface area contributed by atoms with Gasteiger partial charge in [0.05, 0.1) is 0 Å². The number of amides is 1. The van der Waals surface area contributed by atoms with Crippen LogP contribution in [0, 0.1) is 17.8 Å². The molecule has 1 aromatic carbocycles. The SMILES string of the molecule is CCc1ccc(/C=C\C(=O)N[C@H](C)[C@@H]2C[C@@H]3CC[C@@H]2C3)cc1. The highest BCUT2D eigenvalue weighted by molar-refractivity contribution is 5.91. The first-order valence-corrected chi connectivity index (χ1v) is 8.73. The van der Waals surface area contributed by atoms with Crippen LogP contribution in [0.4, 0.5) is 0 Å². The molecule has 0 spiro atoms. The van der Waals surface area contributed by atoms with E-state index < -0.39 is 0 Å². The molecule has 22 heavy (non-hydrogen) atoms. The second-order valence-corrected chi connectivity index (χ2v) is 7.06. The molecule has 1 aromatic rings. The van der Waals surface area contributed by atoms with Crippen molar-refractivity contribution in [3.8, 4) is 0 Å². The highest BCUT2D eigenvalue weighted by atomic mass is 16.1. The van der Waals surface area contributed by atoms with E-state index >= 15 is 0 Å². The highest BCUT2D eigenvalue weighted by Crippen LogP contribution is 2.49. The number of carbonyl (C=O) groups excluding carboxylic acids is 1. The van der Waals surface area contributed by atoms with Crippen molar-refractivity contribution in [1.29, 1.82) is 0 Å². The van der Waals surface area contributed by atoms with Gasteiger partial charge in [-0.2, -0.15) is 0 Å². The zero-order chi connectivity index (χ0) is 15.5. The lowest BCUT2D eigenvalue weighted by Gasteiger charge is -2.28. The summed E-state index contributed by atoms with van der Waals surface area (Å²) in [5.41, 5.74) is 2.41. The molecule has 3 rings (SSSR count). The van der Waals surface area contributed by atoms with Crippen molar-refractivity contribution in [2.24, 2.45) is 17.8 Å². The van der Waals surface area contributed by atoms with Gasteiger partial charge in [-0.05, 0) is 67.6 Å². The molecule has 2 bridgehead atoms. The maximum Gasteiger partial charge on any atom is 0.244 e. The minimum absolute atomic E-state index is 0.0369. The zero-order valence-electron chi connectivity index (χ0n) is 13.7. The van der Waals surface area contributed by atoms with E-state index in [-0.39, 0.29) is 5.91 Å². The molecular formula is C20H27NO. The molecule has 1 N–H and O–H groups in total. The van der Waals surface area contributed by atoms with E-state index in [0.717, 1.165) is 23.8 Å². The second kappa shape index (κ2) is 6.68. The summed E-state index contributed by atoms with van der Waals surface area (Å²) < 4.78 is 0. The number of fused-ring (bicyclic) bond motifs is 2. The summed E-state index contributed by atoms with van der Waals surface area (Å²) in [4.78, 5) is 12.1. The van der Waals surface area contributed by atoms with Crippen LogP contribution in [0.15, 0.2) is 30.3 Å².